The summed E-state index contributed by atoms with van der Waals surface area (Å²) in [5.74, 6) is 0. The fraction of sp³-hybridized carbons (Fsp3) is 0. The van der Waals surface area contributed by atoms with Gasteiger partial charge in [-0.2, -0.15) is 5.10 Å². The van der Waals surface area contributed by atoms with Gasteiger partial charge in [-0.05, 0) is 24.3 Å². The summed E-state index contributed by atoms with van der Waals surface area (Å²) in [7, 11) is -3.48. The lowest BCUT2D eigenvalue weighted by molar-refractivity contribution is 0.608. The van der Waals surface area contributed by atoms with E-state index in [1.54, 1.807) is 30.3 Å². The van der Waals surface area contributed by atoms with Crippen LogP contribution in [0.3, 0.4) is 0 Å². The van der Waals surface area contributed by atoms with Crippen molar-refractivity contribution in [3.63, 3.8) is 0 Å². The molecule has 0 heterocycles. The van der Waals surface area contributed by atoms with Crippen molar-refractivity contribution in [2.75, 3.05) is 5.43 Å². The zero-order valence-corrected chi connectivity index (χ0v) is 10.3. The monoisotopic (exact) mass is 260 g/mol. The molecule has 0 amide bonds. The molecule has 4 nitrogen and oxygen atoms in total. The van der Waals surface area contributed by atoms with Crippen LogP contribution >= 0.6 is 0 Å². The van der Waals surface area contributed by atoms with E-state index in [9.17, 15) is 8.42 Å². The third-order valence-electron chi connectivity index (χ3n) is 2.23. The lowest BCUT2D eigenvalue weighted by Gasteiger charge is -1.99. The van der Waals surface area contributed by atoms with Crippen LogP contribution in [0.25, 0.3) is 0 Å². The maximum absolute atomic E-state index is 11.8. The van der Waals surface area contributed by atoms with Gasteiger partial charge in [0.2, 0.25) is 9.84 Å². The minimum atomic E-state index is -3.48. The topological polar surface area (TPSA) is 58.5 Å². The van der Waals surface area contributed by atoms with Gasteiger partial charge in [0.1, 0.15) is 5.55 Å². The fourth-order valence-corrected chi connectivity index (χ4v) is 2.20. The number of anilines is 1. The maximum Gasteiger partial charge on any atom is 0.218 e. The van der Waals surface area contributed by atoms with Crippen LogP contribution in [0.4, 0.5) is 5.69 Å². The fourth-order valence-electron chi connectivity index (χ4n) is 1.35. The highest BCUT2D eigenvalue weighted by molar-refractivity contribution is 8.04. The Morgan fingerprint density at radius 1 is 0.889 bits per heavy atom. The van der Waals surface area contributed by atoms with Gasteiger partial charge in [-0.3, -0.25) is 5.43 Å². The van der Waals surface area contributed by atoms with Crippen molar-refractivity contribution in [3.8, 4) is 0 Å². The third kappa shape index (κ3) is 3.18. The van der Waals surface area contributed by atoms with Crippen LogP contribution in [-0.2, 0) is 9.84 Å². The SMILES string of the molecule is O=S(=O)(/C=N/Nc1ccccc1)c1ccccc1. The molecule has 2 aromatic carbocycles. The number of sulfone groups is 1. The predicted molar refractivity (Wildman–Crippen MR) is 72.2 cm³/mol. The molecule has 0 unspecified atom stereocenters. The molecule has 5 heteroatoms. The smallest absolute Gasteiger partial charge is 0.218 e. The number of nitrogens with zero attached hydrogens (tertiary/aromatic N) is 1. The number of rotatable bonds is 4. The Kier molecular flexibility index (Phi) is 3.74. The highest BCUT2D eigenvalue weighted by Crippen LogP contribution is 2.08. The van der Waals surface area contributed by atoms with Crippen molar-refractivity contribution in [2.45, 2.75) is 4.90 Å². The Balaban J connectivity index is 2.10. The van der Waals surface area contributed by atoms with E-state index in [-0.39, 0.29) is 4.90 Å². The zero-order chi connectivity index (χ0) is 12.8. The molecule has 18 heavy (non-hydrogen) atoms. The molecular weight excluding hydrogens is 248 g/mol. The lowest BCUT2D eigenvalue weighted by atomic mass is 10.3. The van der Waals surface area contributed by atoms with Crippen molar-refractivity contribution in [3.05, 3.63) is 60.7 Å². The second-order valence-corrected chi connectivity index (χ2v) is 5.34. The first kappa shape index (κ1) is 12.3. The summed E-state index contributed by atoms with van der Waals surface area (Å²) in [5.41, 5.74) is 4.31. The summed E-state index contributed by atoms with van der Waals surface area (Å²) in [6.45, 7) is 0. The zero-order valence-electron chi connectivity index (χ0n) is 9.52. The molecule has 0 aliphatic heterocycles. The van der Waals surface area contributed by atoms with Crippen molar-refractivity contribution >= 4 is 21.1 Å². The Morgan fingerprint density at radius 2 is 1.44 bits per heavy atom. The minimum Gasteiger partial charge on any atom is -0.278 e. The van der Waals surface area contributed by atoms with Crippen molar-refractivity contribution < 1.29 is 8.42 Å². The predicted octanol–water partition coefficient (Wildman–Crippen LogP) is 2.52. The largest absolute Gasteiger partial charge is 0.278 e. The van der Waals surface area contributed by atoms with Crippen LogP contribution in [0.5, 0.6) is 0 Å². The molecule has 2 rings (SSSR count). The van der Waals surface area contributed by atoms with Crippen LogP contribution in [0.1, 0.15) is 0 Å². The number of hydrogen-bond acceptors (Lipinski definition) is 4. The first-order valence-corrected chi connectivity index (χ1v) is 6.87. The van der Waals surface area contributed by atoms with Gasteiger partial charge >= 0.3 is 0 Å². The van der Waals surface area contributed by atoms with Crippen molar-refractivity contribution in [2.24, 2.45) is 5.10 Å². The summed E-state index contributed by atoms with van der Waals surface area (Å²) in [4.78, 5) is 0.226. The number of hydrogen-bond donors (Lipinski definition) is 1. The highest BCUT2D eigenvalue weighted by atomic mass is 32.2. The number of hydrazone groups is 1. The average Bonchev–Trinajstić information content (AvgIpc) is 2.41. The summed E-state index contributed by atoms with van der Waals surface area (Å²) >= 11 is 0. The van der Waals surface area contributed by atoms with Crippen molar-refractivity contribution in [1.29, 1.82) is 0 Å². The molecule has 1 N–H and O–H groups in total. The summed E-state index contributed by atoms with van der Waals surface area (Å²) in [5, 5.41) is 3.73. The normalized spacial score (nSPS) is 11.6. The van der Waals surface area contributed by atoms with E-state index in [1.165, 1.54) is 12.1 Å². The summed E-state index contributed by atoms with van der Waals surface area (Å²) < 4.78 is 23.7. The van der Waals surface area contributed by atoms with Gasteiger partial charge in [-0.25, -0.2) is 8.42 Å². The molecule has 0 bridgehead atoms. The van der Waals surface area contributed by atoms with E-state index in [1.807, 2.05) is 18.2 Å². The molecule has 0 aliphatic rings. The van der Waals surface area contributed by atoms with Gasteiger partial charge in [0.25, 0.3) is 0 Å². The minimum absolute atomic E-state index is 0.226. The van der Waals surface area contributed by atoms with Crippen LogP contribution in [0.15, 0.2) is 70.7 Å². The molecule has 0 spiro atoms. The van der Waals surface area contributed by atoms with Crippen LogP contribution in [-0.4, -0.2) is 14.0 Å². The lowest BCUT2D eigenvalue weighted by Crippen LogP contribution is -2.03. The molecule has 0 fully saturated rings. The Morgan fingerprint density at radius 3 is 2.06 bits per heavy atom. The molecular formula is C13H12N2O2S. The molecule has 0 radical (unpaired) electrons. The standard InChI is InChI=1S/C13H12N2O2S/c16-18(17,13-9-5-2-6-10-13)11-14-15-12-7-3-1-4-8-12/h1-11,15H/b14-11+. The molecule has 0 saturated carbocycles. The quantitative estimate of drug-likeness (QED) is 0.522. The van der Waals surface area contributed by atoms with Gasteiger partial charge in [0.05, 0.1) is 10.6 Å². The molecule has 92 valence electrons. The summed E-state index contributed by atoms with van der Waals surface area (Å²) in [6.07, 6.45) is 0. The number of nitrogens with one attached hydrogen (secondary N) is 1. The van der Waals surface area contributed by atoms with Gasteiger partial charge in [-0.1, -0.05) is 36.4 Å². The second-order valence-electron chi connectivity index (χ2n) is 3.57. The van der Waals surface area contributed by atoms with Crippen molar-refractivity contribution in [1.82, 2.24) is 0 Å². The van der Waals surface area contributed by atoms with E-state index in [0.717, 1.165) is 11.2 Å². The molecule has 0 saturated heterocycles. The van der Waals surface area contributed by atoms with E-state index in [2.05, 4.69) is 10.5 Å². The first-order valence-electron chi connectivity index (χ1n) is 5.33. The van der Waals surface area contributed by atoms with E-state index >= 15 is 0 Å². The van der Waals surface area contributed by atoms with Crippen LogP contribution in [0.2, 0.25) is 0 Å². The number of para-hydroxylation sites is 1. The highest BCUT2D eigenvalue weighted by Gasteiger charge is 2.09. The van der Waals surface area contributed by atoms with Gasteiger partial charge in [0.15, 0.2) is 0 Å². The summed E-state index contributed by atoms with van der Waals surface area (Å²) in [6, 6.07) is 17.3. The van der Waals surface area contributed by atoms with E-state index < -0.39 is 9.84 Å². The second kappa shape index (κ2) is 5.46. The Hall–Kier alpha value is -2.14. The van der Waals surface area contributed by atoms with Crippen LogP contribution in [0, 0.1) is 0 Å². The first-order chi connectivity index (χ1) is 8.68. The Labute approximate surface area is 106 Å². The van der Waals surface area contributed by atoms with Gasteiger partial charge in [0, 0.05) is 0 Å². The van der Waals surface area contributed by atoms with E-state index in [0.29, 0.717) is 0 Å². The molecule has 0 atom stereocenters. The Bertz CT molecular complexity index is 623. The molecule has 0 aromatic heterocycles. The van der Waals surface area contributed by atoms with E-state index in [4.69, 9.17) is 0 Å². The molecule has 2 aromatic rings. The molecule has 0 aliphatic carbocycles. The van der Waals surface area contributed by atoms with Crippen LogP contribution < -0.4 is 5.43 Å². The van der Waals surface area contributed by atoms with Gasteiger partial charge in [-0.15, -0.1) is 0 Å². The third-order valence-corrected chi connectivity index (χ3v) is 3.54. The maximum atomic E-state index is 11.8. The van der Waals surface area contributed by atoms with Gasteiger partial charge < -0.3 is 0 Å². The number of benzene rings is 2. The average molecular weight is 260 g/mol.